The number of aromatic nitrogens is 1. The smallest absolute Gasteiger partial charge is 0.0826 e. The van der Waals surface area contributed by atoms with Gasteiger partial charge < -0.3 is 15.0 Å². The molecule has 0 bridgehead atoms. The lowest BCUT2D eigenvalue weighted by molar-refractivity contribution is -0.0182. The van der Waals surface area contributed by atoms with Gasteiger partial charge in [0.25, 0.3) is 0 Å². The number of hydrogen-bond acceptors (Lipinski definition) is 4. The molecule has 0 radical (unpaired) electrons. The third kappa shape index (κ3) is 3.79. The summed E-state index contributed by atoms with van der Waals surface area (Å²) in [5.41, 5.74) is 3.42. The second-order valence-electron chi connectivity index (χ2n) is 5.87. The van der Waals surface area contributed by atoms with Gasteiger partial charge in [-0.15, -0.1) is 0 Å². The van der Waals surface area contributed by atoms with Gasteiger partial charge in [-0.3, -0.25) is 4.98 Å². The van der Waals surface area contributed by atoms with Crippen LogP contribution in [-0.4, -0.2) is 49.3 Å². The molecule has 0 spiro atoms. The third-order valence-corrected chi connectivity index (χ3v) is 3.94. The first kappa shape index (κ1) is 14.4. The summed E-state index contributed by atoms with van der Waals surface area (Å²) in [5, 5.41) is 4.70. The highest BCUT2D eigenvalue weighted by Crippen LogP contribution is 2.14. The minimum Gasteiger partial charge on any atom is -0.374 e. The zero-order valence-electron chi connectivity index (χ0n) is 12.8. The van der Waals surface area contributed by atoms with Crippen LogP contribution in [0.2, 0.25) is 0 Å². The molecule has 112 valence electrons. The van der Waals surface area contributed by atoms with E-state index < -0.39 is 0 Å². The van der Waals surface area contributed by atoms with E-state index in [1.807, 2.05) is 6.92 Å². The van der Waals surface area contributed by atoms with Crippen LogP contribution in [0.3, 0.4) is 0 Å². The topological polar surface area (TPSA) is 37.4 Å². The number of fused-ring (bicyclic) bond motifs is 1. The highest BCUT2D eigenvalue weighted by Gasteiger charge is 2.16. The maximum Gasteiger partial charge on any atom is 0.0826 e. The van der Waals surface area contributed by atoms with Crippen molar-refractivity contribution in [2.24, 2.45) is 0 Å². The predicted molar refractivity (Wildman–Crippen MR) is 85.4 cm³/mol. The van der Waals surface area contributed by atoms with Crippen molar-refractivity contribution in [3.8, 4) is 0 Å². The molecule has 0 amide bonds. The van der Waals surface area contributed by atoms with Gasteiger partial charge in [-0.2, -0.15) is 0 Å². The van der Waals surface area contributed by atoms with Gasteiger partial charge >= 0.3 is 0 Å². The molecule has 21 heavy (non-hydrogen) atoms. The Labute approximate surface area is 126 Å². The van der Waals surface area contributed by atoms with E-state index in [1.165, 1.54) is 10.9 Å². The van der Waals surface area contributed by atoms with Gasteiger partial charge in [0.05, 0.1) is 18.2 Å². The van der Waals surface area contributed by atoms with Gasteiger partial charge in [0.15, 0.2) is 0 Å². The van der Waals surface area contributed by atoms with Crippen molar-refractivity contribution in [2.45, 2.75) is 19.6 Å². The van der Waals surface area contributed by atoms with Crippen molar-refractivity contribution >= 4 is 10.9 Å². The normalized spacial score (nSPS) is 20.0. The summed E-state index contributed by atoms with van der Waals surface area (Å²) >= 11 is 0. The molecule has 1 aliphatic heterocycles. The van der Waals surface area contributed by atoms with Crippen LogP contribution in [0.1, 0.15) is 11.3 Å². The van der Waals surface area contributed by atoms with Crippen LogP contribution in [0.15, 0.2) is 30.3 Å². The number of ether oxygens (including phenoxy) is 1. The molecule has 3 rings (SSSR count). The van der Waals surface area contributed by atoms with E-state index in [2.05, 4.69) is 52.6 Å². The van der Waals surface area contributed by atoms with Crippen molar-refractivity contribution in [2.75, 3.05) is 33.3 Å². The average Bonchev–Trinajstić information content (AvgIpc) is 2.47. The zero-order chi connectivity index (χ0) is 14.7. The Morgan fingerprint density at radius 2 is 2.24 bits per heavy atom. The Balaban J connectivity index is 1.56. The SMILES string of the molecule is Cc1ccc2cc(CNCC3CN(C)CCO3)ccc2n1. The highest BCUT2D eigenvalue weighted by molar-refractivity contribution is 5.79. The zero-order valence-corrected chi connectivity index (χ0v) is 12.8. The molecule has 4 heteroatoms. The molecule has 1 saturated heterocycles. The Kier molecular flexibility index (Phi) is 4.48. The van der Waals surface area contributed by atoms with Crippen molar-refractivity contribution in [3.05, 3.63) is 41.6 Å². The maximum absolute atomic E-state index is 5.76. The van der Waals surface area contributed by atoms with Gasteiger partial charge in [-0.05, 0) is 37.7 Å². The van der Waals surface area contributed by atoms with E-state index in [-0.39, 0.29) is 0 Å². The number of nitrogens with one attached hydrogen (secondary N) is 1. The van der Waals surface area contributed by atoms with E-state index >= 15 is 0 Å². The summed E-state index contributed by atoms with van der Waals surface area (Å²) in [6.07, 6.45) is 0.300. The molecule has 1 aliphatic rings. The highest BCUT2D eigenvalue weighted by atomic mass is 16.5. The van der Waals surface area contributed by atoms with Gasteiger partial charge in [0.2, 0.25) is 0 Å². The first-order chi connectivity index (χ1) is 10.2. The second-order valence-corrected chi connectivity index (χ2v) is 5.87. The second kappa shape index (κ2) is 6.52. The van der Waals surface area contributed by atoms with Crippen molar-refractivity contribution < 1.29 is 4.74 Å². The molecule has 0 aliphatic carbocycles. The molecule has 1 fully saturated rings. The average molecular weight is 285 g/mol. The van der Waals surface area contributed by atoms with Crippen LogP contribution in [0.4, 0.5) is 0 Å². The standard InChI is InChI=1S/C17H23N3O/c1-13-3-5-15-9-14(4-6-17(15)19-13)10-18-11-16-12-20(2)7-8-21-16/h3-6,9,16,18H,7-8,10-12H2,1-2H3. The first-order valence-electron chi connectivity index (χ1n) is 7.58. The lowest BCUT2D eigenvalue weighted by Gasteiger charge is -2.30. The molecular formula is C17H23N3O. The molecule has 1 atom stereocenters. The minimum atomic E-state index is 0.300. The van der Waals surface area contributed by atoms with Crippen LogP contribution in [0.5, 0.6) is 0 Å². The van der Waals surface area contributed by atoms with Gasteiger partial charge in [-0.25, -0.2) is 0 Å². The number of likely N-dealkylation sites (N-methyl/N-ethyl adjacent to an activating group) is 1. The minimum absolute atomic E-state index is 0.300. The fourth-order valence-electron chi connectivity index (χ4n) is 2.75. The van der Waals surface area contributed by atoms with Crippen LogP contribution in [0.25, 0.3) is 10.9 Å². The van der Waals surface area contributed by atoms with Crippen LogP contribution < -0.4 is 5.32 Å². The van der Waals surface area contributed by atoms with Crippen molar-refractivity contribution in [1.82, 2.24) is 15.2 Å². The lowest BCUT2D eigenvalue weighted by atomic mass is 10.1. The number of benzene rings is 1. The monoisotopic (exact) mass is 285 g/mol. The van der Waals surface area contributed by atoms with Crippen molar-refractivity contribution in [1.29, 1.82) is 0 Å². The van der Waals surface area contributed by atoms with Crippen LogP contribution in [0, 0.1) is 6.92 Å². The predicted octanol–water partition coefficient (Wildman–Crippen LogP) is 1.96. The molecular weight excluding hydrogens is 262 g/mol. The van der Waals surface area contributed by atoms with Gasteiger partial charge in [-0.1, -0.05) is 12.1 Å². The van der Waals surface area contributed by atoms with Gasteiger partial charge in [0, 0.05) is 37.3 Å². The number of rotatable bonds is 4. The molecule has 1 aromatic heterocycles. The maximum atomic E-state index is 5.76. The molecule has 0 saturated carbocycles. The van der Waals surface area contributed by atoms with E-state index in [9.17, 15) is 0 Å². The Morgan fingerprint density at radius 3 is 3.10 bits per heavy atom. The number of hydrogen-bond donors (Lipinski definition) is 1. The summed E-state index contributed by atoms with van der Waals surface area (Å²) < 4.78 is 5.76. The summed E-state index contributed by atoms with van der Waals surface area (Å²) in [5.74, 6) is 0. The quantitative estimate of drug-likeness (QED) is 0.932. The van der Waals surface area contributed by atoms with Crippen LogP contribution in [-0.2, 0) is 11.3 Å². The van der Waals surface area contributed by atoms with E-state index in [0.717, 1.165) is 44.0 Å². The fraction of sp³-hybridized carbons (Fsp3) is 0.471. The molecule has 4 nitrogen and oxygen atoms in total. The van der Waals surface area contributed by atoms with E-state index in [0.29, 0.717) is 6.10 Å². The Hall–Kier alpha value is -1.49. The molecule has 1 aromatic carbocycles. The Bertz CT molecular complexity index is 614. The molecule has 2 heterocycles. The number of aryl methyl sites for hydroxylation is 1. The third-order valence-electron chi connectivity index (χ3n) is 3.94. The molecule has 2 aromatic rings. The molecule has 1 unspecified atom stereocenters. The number of nitrogens with zero attached hydrogens (tertiary/aromatic N) is 2. The van der Waals surface area contributed by atoms with Crippen molar-refractivity contribution in [3.63, 3.8) is 0 Å². The number of morpholine rings is 1. The summed E-state index contributed by atoms with van der Waals surface area (Å²) in [6.45, 7) is 6.67. The molecule has 1 N–H and O–H groups in total. The van der Waals surface area contributed by atoms with E-state index in [4.69, 9.17) is 4.74 Å². The van der Waals surface area contributed by atoms with Crippen LogP contribution >= 0.6 is 0 Å². The summed E-state index contributed by atoms with van der Waals surface area (Å²) in [7, 11) is 2.15. The largest absolute Gasteiger partial charge is 0.374 e. The van der Waals surface area contributed by atoms with E-state index in [1.54, 1.807) is 0 Å². The lowest BCUT2D eigenvalue weighted by Crippen LogP contribution is -2.44. The number of pyridine rings is 1. The Morgan fingerprint density at radius 1 is 1.33 bits per heavy atom. The fourth-order valence-corrected chi connectivity index (χ4v) is 2.75. The van der Waals surface area contributed by atoms with Gasteiger partial charge in [0.1, 0.15) is 0 Å². The first-order valence-corrected chi connectivity index (χ1v) is 7.58. The summed E-state index contributed by atoms with van der Waals surface area (Å²) in [6, 6.07) is 10.7. The summed E-state index contributed by atoms with van der Waals surface area (Å²) in [4.78, 5) is 6.85.